The molecule has 224 valence electrons. The molecule has 0 aromatic rings. The van der Waals surface area contributed by atoms with Crippen molar-refractivity contribution in [3.8, 4) is 6.07 Å². The Bertz CT molecular complexity index is 1180. The van der Waals surface area contributed by atoms with E-state index < -0.39 is 72.1 Å². The number of sulfonamides is 1. The second-order valence-corrected chi connectivity index (χ2v) is 15.0. The maximum Gasteiger partial charge on any atom is 0.428 e. The maximum absolute atomic E-state index is 15.1. The first-order valence-electron chi connectivity index (χ1n) is 12.9. The number of carbonyl (C=O) groups is 1. The van der Waals surface area contributed by atoms with Crippen molar-refractivity contribution in [3.63, 3.8) is 0 Å². The van der Waals surface area contributed by atoms with Crippen LogP contribution in [0.15, 0.2) is 0 Å². The van der Waals surface area contributed by atoms with Gasteiger partial charge in [-0.1, -0.05) is 32.1 Å². The SMILES string of the molecule is CC(C#N)(C(=O)OC1CCCCCC1)S(=O)(=O)C(F)(F)C(F)(F)C(F)(F)S(=O)(=O)N1CCC2CCCCC2C1. The Morgan fingerprint density at radius 1 is 0.821 bits per heavy atom. The minimum absolute atomic E-state index is 0.0000916. The summed E-state index contributed by atoms with van der Waals surface area (Å²) in [5.74, 6) is -9.65. The number of rotatable bonds is 8. The van der Waals surface area contributed by atoms with Gasteiger partial charge in [0.1, 0.15) is 6.10 Å². The molecule has 2 aliphatic carbocycles. The van der Waals surface area contributed by atoms with Crippen molar-refractivity contribution in [2.24, 2.45) is 11.8 Å². The highest BCUT2D eigenvalue weighted by Crippen LogP contribution is 2.54. The van der Waals surface area contributed by atoms with E-state index in [9.17, 15) is 35.7 Å². The molecule has 0 spiro atoms. The van der Waals surface area contributed by atoms with Crippen molar-refractivity contribution in [3.05, 3.63) is 0 Å². The van der Waals surface area contributed by atoms with Crippen LogP contribution in [-0.2, 0) is 29.4 Å². The van der Waals surface area contributed by atoms with Crippen LogP contribution in [0, 0.1) is 23.2 Å². The van der Waals surface area contributed by atoms with Crippen LogP contribution in [0.3, 0.4) is 0 Å². The number of esters is 1. The van der Waals surface area contributed by atoms with Gasteiger partial charge in [-0.3, -0.25) is 0 Å². The molecular weight excluding hydrogens is 578 g/mol. The van der Waals surface area contributed by atoms with E-state index in [1.165, 1.54) is 0 Å². The Hall–Kier alpha value is -1.60. The zero-order valence-corrected chi connectivity index (χ0v) is 23.0. The topological polar surface area (TPSA) is 122 Å². The summed E-state index contributed by atoms with van der Waals surface area (Å²) >= 11 is 0. The summed E-state index contributed by atoms with van der Waals surface area (Å²) in [4.78, 5) is 12.6. The third-order valence-corrected chi connectivity index (χ3v) is 12.4. The van der Waals surface area contributed by atoms with Gasteiger partial charge in [0, 0.05) is 13.1 Å². The first-order chi connectivity index (χ1) is 17.9. The number of nitriles is 1. The molecule has 16 heteroatoms. The zero-order chi connectivity index (χ0) is 29.5. The molecule has 2 saturated carbocycles. The maximum atomic E-state index is 15.1. The van der Waals surface area contributed by atoms with Gasteiger partial charge in [0.2, 0.25) is 0 Å². The van der Waals surface area contributed by atoms with Gasteiger partial charge >= 0.3 is 22.4 Å². The molecule has 1 saturated heterocycles. The number of ether oxygens (including phenoxy) is 1. The number of carbonyl (C=O) groups excluding carboxylic acids is 1. The van der Waals surface area contributed by atoms with Gasteiger partial charge in [-0.2, -0.15) is 35.9 Å². The molecule has 1 aliphatic heterocycles. The predicted molar refractivity (Wildman–Crippen MR) is 126 cm³/mol. The first-order valence-corrected chi connectivity index (χ1v) is 15.8. The molecule has 3 unspecified atom stereocenters. The summed E-state index contributed by atoms with van der Waals surface area (Å²) in [5.41, 5.74) is 0. The second-order valence-electron chi connectivity index (χ2n) is 10.7. The van der Waals surface area contributed by atoms with Crippen molar-refractivity contribution in [2.75, 3.05) is 13.1 Å². The molecule has 3 atom stereocenters. The van der Waals surface area contributed by atoms with E-state index in [0.717, 1.165) is 19.3 Å². The molecule has 3 fully saturated rings. The highest BCUT2D eigenvalue weighted by Gasteiger charge is 2.85. The molecule has 0 radical (unpaired) electrons. The summed E-state index contributed by atoms with van der Waals surface area (Å²) in [6.07, 6.45) is 4.53. The lowest BCUT2D eigenvalue weighted by molar-refractivity contribution is -0.245. The number of alkyl halides is 6. The Labute approximate surface area is 224 Å². The predicted octanol–water partition coefficient (Wildman–Crippen LogP) is 4.61. The molecule has 0 aromatic heterocycles. The van der Waals surface area contributed by atoms with Crippen LogP contribution in [0.25, 0.3) is 0 Å². The monoisotopic (exact) mass is 610 g/mol. The second kappa shape index (κ2) is 11.0. The molecule has 8 nitrogen and oxygen atoms in total. The Kier molecular flexibility index (Phi) is 9.00. The van der Waals surface area contributed by atoms with E-state index >= 15 is 17.6 Å². The van der Waals surface area contributed by atoms with Crippen LogP contribution in [-0.4, -0.2) is 67.5 Å². The molecular formula is C23H32F6N2O6S2. The van der Waals surface area contributed by atoms with Crippen LogP contribution in [0.4, 0.5) is 26.3 Å². The minimum atomic E-state index is -7.14. The van der Waals surface area contributed by atoms with Gasteiger partial charge in [0.25, 0.3) is 24.6 Å². The normalized spacial score (nSPS) is 26.5. The van der Waals surface area contributed by atoms with E-state index in [1.54, 1.807) is 0 Å². The number of piperidine rings is 1. The lowest BCUT2D eigenvalue weighted by Crippen LogP contribution is -2.67. The van der Waals surface area contributed by atoms with E-state index in [2.05, 4.69) is 0 Å². The van der Waals surface area contributed by atoms with Crippen molar-refractivity contribution in [1.82, 2.24) is 4.31 Å². The van der Waals surface area contributed by atoms with Crippen molar-refractivity contribution in [2.45, 2.75) is 105 Å². The van der Waals surface area contributed by atoms with Gasteiger partial charge in [-0.05, 0) is 57.3 Å². The molecule has 0 aromatic carbocycles. The Morgan fingerprint density at radius 3 is 1.87 bits per heavy atom. The van der Waals surface area contributed by atoms with Crippen LogP contribution in [0.5, 0.6) is 0 Å². The van der Waals surface area contributed by atoms with E-state index in [4.69, 9.17) is 4.74 Å². The van der Waals surface area contributed by atoms with Gasteiger partial charge in [-0.15, -0.1) is 0 Å². The lowest BCUT2D eigenvalue weighted by Gasteiger charge is -2.42. The standard InChI is InChI=1S/C23H32F6N2O6S2/c1-20(15-30,19(32)37-18-10-4-2-3-5-11-18)38(33,34)22(26,27)21(24,25)23(28,29)39(35,36)31-13-12-16-8-6-7-9-17(16)14-31/h16-18H,2-14H2,1H3. The van der Waals surface area contributed by atoms with E-state index in [1.807, 2.05) is 0 Å². The highest BCUT2D eigenvalue weighted by molar-refractivity contribution is 7.95. The van der Waals surface area contributed by atoms with Crippen molar-refractivity contribution in [1.29, 1.82) is 5.26 Å². The Balaban J connectivity index is 1.93. The summed E-state index contributed by atoms with van der Waals surface area (Å²) in [6.45, 7) is -1.18. The van der Waals surface area contributed by atoms with Crippen LogP contribution in [0.2, 0.25) is 0 Å². The zero-order valence-electron chi connectivity index (χ0n) is 21.4. The number of hydrogen-bond donors (Lipinski definition) is 0. The first kappa shape index (κ1) is 31.9. The van der Waals surface area contributed by atoms with E-state index in [-0.39, 0.29) is 36.4 Å². The smallest absolute Gasteiger partial charge is 0.428 e. The third-order valence-electron chi connectivity index (χ3n) is 8.20. The highest BCUT2D eigenvalue weighted by atomic mass is 32.2. The molecule has 0 N–H and O–H groups in total. The number of hydrogen-bond acceptors (Lipinski definition) is 7. The van der Waals surface area contributed by atoms with Gasteiger partial charge < -0.3 is 4.74 Å². The van der Waals surface area contributed by atoms with Crippen LogP contribution < -0.4 is 0 Å². The number of sulfone groups is 1. The Morgan fingerprint density at radius 2 is 1.33 bits per heavy atom. The average Bonchev–Trinajstić information content (AvgIpc) is 3.15. The largest absolute Gasteiger partial charge is 0.460 e. The fourth-order valence-electron chi connectivity index (χ4n) is 5.54. The molecule has 3 rings (SSSR count). The fraction of sp³-hybridized carbons (Fsp3) is 0.913. The van der Waals surface area contributed by atoms with Crippen molar-refractivity contribution >= 4 is 25.8 Å². The van der Waals surface area contributed by atoms with Crippen molar-refractivity contribution < 1.29 is 52.7 Å². The fourth-order valence-corrected chi connectivity index (χ4v) is 8.48. The summed E-state index contributed by atoms with van der Waals surface area (Å²) in [6, 6.07) is 0.706. The summed E-state index contributed by atoms with van der Waals surface area (Å²) < 4.78 is 142. The van der Waals surface area contributed by atoms with E-state index in [0.29, 0.717) is 38.2 Å². The van der Waals surface area contributed by atoms with Gasteiger partial charge in [0.05, 0.1) is 6.07 Å². The number of fused-ring (bicyclic) bond motifs is 1. The molecule has 39 heavy (non-hydrogen) atoms. The molecule has 0 amide bonds. The van der Waals surface area contributed by atoms with Gasteiger partial charge in [0.15, 0.2) is 0 Å². The van der Waals surface area contributed by atoms with Crippen LogP contribution >= 0.6 is 0 Å². The summed E-state index contributed by atoms with van der Waals surface area (Å²) in [5, 5.41) is -4.09. The average molecular weight is 611 g/mol. The molecule has 3 aliphatic rings. The minimum Gasteiger partial charge on any atom is -0.460 e. The number of halogens is 6. The summed E-state index contributed by atoms with van der Waals surface area (Å²) in [7, 11) is -13.6. The van der Waals surface area contributed by atoms with Crippen LogP contribution in [0.1, 0.15) is 77.6 Å². The lowest BCUT2D eigenvalue weighted by atomic mass is 9.76. The third kappa shape index (κ3) is 5.16. The quantitative estimate of drug-likeness (QED) is 0.224. The van der Waals surface area contributed by atoms with Gasteiger partial charge in [-0.25, -0.2) is 21.6 Å². The number of nitrogens with zero attached hydrogens (tertiary/aromatic N) is 2. The molecule has 0 bridgehead atoms. The molecule has 1 heterocycles.